The summed E-state index contributed by atoms with van der Waals surface area (Å²) in [4.78, 5) is 15.7. The second-order valence-electron chi connectivity index (χ2n) is 5.53. The monoisotopic (exact) mass is 328 g/mol. The Kier molecular flexibility index (Phi) is 4.95. The molecule has 0 aliphatic heterocycles. The Morgan fingerprint density at radius 1 is 1.35 bits per heavy atom. The highest BCUT2D eigenvalue weighted by atomic mass is 32.1. The van der Waals surface area contributed by atoms with Crippen LogP contribution in [-0.4, -0.2) is 21.8 Å². The predicted octanol–water partition coefficient (Wildman–Crippen LogP) is 2.96. The first-order valence-corrected chi connectivity index (χ1v) is 7.74. The minimum Gasteiger partial charge on any atom is -0.370 e. The van der Waals surface area contributed by atoms with Crippen LogP contribution in [0.5, 0.6) is 0 Å². The molecule has 0 spiro atoms. The van der Waals surface area contributed by atoms with Crippen molar-refractivity contribution in [2.75, 3.05) is 0 Å². The number of carbonyl (C=O) groups is 1. The second-order valence-corrected chi connectivity index (χ2v) is 5.80. The first kappa shape index (κ1) is 16.9. The SMILES string of the molecule is Cc1c(/C=C\C=S)c2ccc(C(=O)N=C(N)N)cc2n1C(C)C. The molecule has 0 bridgehead atoms. The Morgan fingerprint density at radius 3 is 2.61 bits per heavy atom. The van der Waals surface area contributed by atoms with Crippen LogP contribution in [0.2, 0.25) is 0 Å². The lowest BCUT2D eigenvalue weighted by Gasteiger charge is -2.12. The van der Waals surface area contributed by atoms with Crippen molar-refractivity contribution in [3.05, 3.63) is 41.1 Å². The number of guanidine groups is 1. The Balaban J connectivity index is 2.72. The molecule has 6 heteroatoms. The highest BCUT2D eigenvalue weighted by molar-refractivity contribution is 7.79. The van der Waals surface area contributed by atoms with Gasteiger partial charge in [-0.05, 0) is 32.9 Å². The van der Waals surface area contributed by atoms with E-state index in [1.54, 1.807) is 11.4 Å². The summed E-state index contributed by atoms with van der Waals surface area (Å²) in [5.41, 5.74) is 14.2. The molecule has 0 aliphatic carbocycles. The summed E-state index contributed by atoms with van der Waals surface area (Å²) in [5.74, 6) is -0.688. The van der Waals surface area contributed by atoms with Crippen molar-refractivity contribution >= 4 is 46.4 Å². The molecule has 0 saturated heterocycles. The Hall–Kier alpha value is -2.47. The van der Waals surface area contributed by atoms with E-state index in [9.17, 15) is 4.79 Å². The molecule has 0 unspecified atom stereocenters. The van der Waals surface area contributed by atoms with Crippen molar-refractivity contribution in [2.45, 2.75) is 26.8 Å². The van der Waals surface area contributed by atoms with Crippen molar-refractivity contribution in [1.29, 1.82) is 0 Å². The maximum Gasteiger partial charge on any atom is 0.280 e. The summed E-state index contributed by atoms with van der Waals surface area (Å²) in [6.45, 7) is 6.26. The first-order valence-electron chi connectivity index (χ1n) is 7.27. The van der Waals surface area contributed by atoms with Crippen LogP contribution in [0.3, 0.4) is 0 Å². The van der Waals surface area contributed by atoms with Gasteiger partial charge in [-0.1, -0.05) is 30.4 Å². The van der Waals surface area contributed by atoms with Crippen molar-refractivity contribution in [3.63, 3.8) is 0 Å². The zero-order chi connectivity index (χ0) is 17.1. The average molecular weight is 328 g/mol. The number of allylic oxidation sites excluding steroid dienone is 1. The van der Waals surface area contributed by atoms with E-state index in [-0.39, 0.29) is 12.0 Å². The number of carbonyl (C=O) groups excluding carboxylic acids is 1. The van der Waals surface area contributed by atoms with E-state index >= 15 is 0 Å². The smallest absolute Gasteiger partial charge is 0.280 e. The van der Waals surface area contributed by atoms with E-state index < -0.39 is 5.91 Å². The lowest BCUT2D eigenvalue weighted by molar-refractivity contribution is 0.100. The molecule has 5 nitrogen and oxygen atoms in total. The predicted molar refractivity (Wildman–Crippen MR) is 99.9 cm³/mol. The summed E-state index contributed by atoms with van der Waals surface area (Å²) < 4.78 is 2.19. The van der Waals surface area contributed by atoms with E-state index in [0.717, 1.165) is 22.2 Å². The number of hydrogen-bond acceptors (Lipinski definition) is 2. The quantitative estimate of drug-likeness (QED) is 0.391. The van der Waals surface area contributed by atoms with E-state index in [1.807, 2.05) is 24.3 Å². The van der Waals surface area contributed by atoms with Gasteiger partial charge in [0.25, 0.3) is 5.91 Å². The van der Waals surface area contributed by atoms with Gasteiger partial charge >= 0.3 is 0 Å². The van der Waals surface area contributed by atoms with Gasteiger partial charge < -0.3 is 16.0 Å². The van der Waals surface area contributed by atoms with Crippen LogP contribution in [0.4, 0.5) is 0 Å². The fourth-order valence-corrected chi connectivity index (χ4v) is 2.87. The second kappa shape index (κ2) is 6.75. The van der Waals surface area contributed by atoms with Gasteiger partial charge in [0.05, 0.1) is 0 Å². The zero-order valence-corrected chi connectivity index (χ0v) is 14.2. The molecule has 0 atom stereocenters. The number of aliphatic imine (C=N–C) groups is 1. The number of aromatic nitrogens is 1. The van der Waals surface area contributed by atoms with Crippen molar-refractivity contribution in [3.8, 4) is 0 Å². The molecule has 2 aromatic rings. The maximum absolute atomic E-state index is 12.1. The first-order chi connectivity index (χ1) is 10.9. The molecule has 0 fully saturated rings. The van der Waals surface area contributed by atoms with Crippen LogP contribution in [0, 0.1) is 6.92 Å². The topological polar surface area (TPSA) is 86.4 Å². The number of hydrogen-bond donors (Lipinski definition) is 2. The van der Waals surface area contributed by atoms with Crippen LogP contribution >= 0.6 is 12.2 Å². The zero-order valence-electron chi connectivity index (χ0n) is 13.4. The summed E-state index contributed by atoms with van der Waals surface area (Å²) in [5, 5.41) is 2.64. The van der Waals surface area contributed by atoms with Gasteiger partial charge in [-0.25, -0.2) is 0 Å². The number of nitrogens with two attached hydrogens (primary N) is 2. The molecule has 1 heterocycles. The summed E-state index contributed by atoms with van der Waals surface area (Å²) in [7, 11) is 0. The van der Waals surface area contributed by atoms with E-state index in [2.05, 4.69) is 30.3 Å². The lowest BCUT2D eigenvalue weighted by atomic mass is 10.1. The van der Waals surface area contributed by atoms with Gasteiger partial charge in [0.1, 0.15) is 0 Å². The van der Waals surface area contributed by atoms with Crippen molar-refractivity contribution in [1.82, 2.24) is 4.57 Å². The van der Waals surface area contributed by atoms with Crippen LogP contribution in [0.1, 0.15) is 41.5 Å². The molecule has 0 radical (unpaired) electrons. The molecule has 1 aromatic heterocycles. The highest BCUT2D eigenvalue weighted by Gasteiger charge is 2.16. The Bertz CT molecular complexity index is 827. The van der Waals surface area contributed by atoms with Gasteiger partial charge in [-0.15, -0.1) is 0 Å². The molecule has 23 heavy (non-hydrogen) atoms. The van der Waals surface area contributed by atoms with E-state index in [0.29, 0.717) is 5.56 Å². The van der Waals surface area contributed by atoms with E-state index in [1.165, 1.54) is 0 Å². The normalized spacial score (nSPS) is 11.3. The molecular weight excluding hydrogens is 308 g/mol. The molecule has 0 saturated carbocycles. The third-order valence-corrected chi connectivity index (χ3v) is 3.79. The van der Waals surface area contributed by atoms with Gasteiger partial charge in [0.2, 0.25) is 0 Å². The van der Waals surface area contributed by atoms with Crippen molar-refractivity contribution in [2.24, 2.45) is 16.5 Å². The fourth-order valence-electron chi connectivity index (χ4n) is 2.79. The maximum atomic E-state index is 12.1. The number of amides is 1. The third kappa shape index (κ3) is 3.32. The minimum absolute atomic E-state index is 0.241. The number of benzene rings is 1. The number of nitrogens with zero attached hydrogens (tertiary/aromatic N) is 2. The summed E-state index contributed by atoms with van der Waals surface area (Å²) in [6, 6.07) is 5.72. The number of thiocarbonyl (C=S) groups is 1. The van der Waals surface area contributed by atoms with Crippen molar-refractivity contribution < 1.29 is 4.79 Å². The number of fused-ring (bicyclic) bond motifs is 1. The summed E-state index contributed by atoms with van der Waals surface area (Å²) in [6.07, 6.45) is 3.82. The molecule has 1 aromatic carbocycles. The van der Waals surface area contributed by atoms with E-state index in [4.69, 9.17) is 23.7 Å². The van der Waals surface area contributed by atoms with Gasteiger partial charge in [-0.2, -0.15) is 4.99 Å². The van der Waals surface area contributed by atoms with Crippen LogP contribution in [0.15, 0.2) is 29.3 Å². The van der Waals surface area contributed by atoms with Gasteiger partial charge in [0.15, 0.2) is 5.96 Å². The largest absolute Gasteiger partial charge is 0.370 e. The molecular formula is C17H20N4OS. The Labute approximate surface area is 140 Å². The molecule has 2 rings (SSSR count). The molecule has 120 valence electrons. The third-order valence-electron chi connectivity index (χ3n) is 3.63. The molecule has 0 aliphatic rings. The molecule has 1 amide bonds. The Morgan fingerprint density at radius 2 is 2.04 bits per heavy atom. The fraction of sp³-hybridized carbons (Fsp3) is 0.235. The summed E-state index contributed by atoms with van der Waals surface area (Å²) >= 11 is 4.87. The van der Waals surface area contributed by atoms with Gasteiger partial charge in [-0.3, -0.25) is 4.79 Å². The van der Waals surface area contributed by atoms with Crippen LogP contribution < -0.4 is 11.5 Å². The minimum atomic E-state index is -0.447. The van der Waals surface area contributed by atoms with Gasteiger partial charge in [0, 0.05) is 39.1 Å². The average Bonchev–Trinajstić information content (AvgIpc) is 2.75. The van der Waals surface area contributed by atoms with Crippen LogP contribution in [-0.2, 0) is 0 Å². The lowest BCUT2D eigenvalue weighted by Crippen LogP contribution is -2.24. The standard InChI is InChI=1S/C17H20N4OS/c1-10(2)21-11(3)13(5-4-8-23)14-7-6-12(9-15(14)21)16(22)20-17(18)19/h4-10H,1-3H3,(H4,18,19,20,22)/b5-4-. The molecule has 4 N–H and O–H groups in total. The highest BCUT2D eigenvalue weighted by Crippen LogP contribution is 2.31. The van der Waals surface area contributed by atoms with Crippen LogP contribution in [0.25, 0.3) is 17.0 Å². The number of rotatable bonds is 4.